The third-order valence-electron chi connectivity index (χ3n) is 14.4. The molecular weight excluding hydrogens is 837 g/mol. The van der Waals surface area contributed by atoms with Crippen LogP contribution in [0.15, 0.2) is 65.1 Å². The van der Waals surface area contributed by atoms with E-state index in [0.29, 0.717) is 0 Å². The summed E-state index contributed by atoms with van der Waals surface area (Å²) in [5, 5.41) is 18.9. The molecular formula is C51H90N2O5SSi3. The minimum Gasteiger partial charge on any atom is -0.413 e. The van der Waals surface area contributed by atoms with Gasteiger partial charge in [0, 0.05) is 22.4 Å². The van der Waals surface area contributed by atoms with Crippen molar-refractivity contribution in [3.05, 3.63) is 75.8 Å². The Labute approximate surface area is 387 Å². The Balaban J connectivity index is 2.47. The van der Waals surface area contributed by atoms with Crippen molar-refractivity contribution in [2.45, 2.75) is 209 Å². The maximum absolute atomic E-state index is 13.7. The molecule has 2 aromatic rings. The molecule has 1 heterocycles. The lowest BCUT2D eigenvalue weighted by Gasteiger charge is -2.49. The molecule has 352 valence electrons. The first-order chi connectivity index (χ1) is 28.0. The first-order valence-corrected chi connectivity index (χ1v) is 32.6. The zero-order valence-corrected chi connectivity index (χ0v) is 47.1. The molecule has 0 aliphatic heterocycles. The highest BCUT2D eigenvalue weighted by molar-refractivity contribution is 7.09. The van der Waals surface area contributed by atoms with Gasteiger partial charge < -0.3 is 23.7 Å². The van der Waals surface area contributed by atoms with Crippen LogP contribution in [0.25, 0.3) is 6.08 Å². The van der Waals surface area contributed by atoms with Gasteiger partial charge in [-0.15, -0.1) is 11.3 Å². The van der Waals surface area contributed by atoms with E-state index in [-0.39, 0.29) is 51.5 Å². The molecule has 62 heavy (non-hydrogen) atoms. The summed E-state index contributed by atoms with van der Waals surface area (Å²) in [6, 6.07) is 9.55. The van der Waals surface area contributed by atoms with E-state index in [1.54, 1.807) is 11.3 Å². The Hall–Kier alpha value is -1.97. The highest BCUT2D eigenvalue weighted by Crippen LogP contribution is 2.45. The van der Waals surface area contributed by atoms with Gasteiger partial charge in [0.05, 0.1) is 41.5 Å². The quantitative estimate of drug-likeness (QED) is 0.0957. The lowest BCUT2D eigenvalue weighted by molar-refractivity contribution is -0.125. The highest BCUT2D eigenvalue weighted by Gasteiger charge is 2.50. The van der Waals surface area contributed by atoms with Gasteiger partial charge in [-0.2, -0.15) is 0 Å². The van der Waals surface area contributed by atoms with Gasteiger partial charge in [0.2, 0.25) is 5.91 Å². The number of benzene rings is 1. The number of para-hydroxylation sites is 1. The summed E-state index contributed by atoms with van der Waals surface area (Å²) in [5.41, 5.74) is 3.44. The number of rotatable bonds is 21. The van der Waals surface area contributed by atoms with E-state index in [1.807, 2.05) is 37.3 Å². The molecule has 0 spiro atoms. The van der Waals surface area contributed by atoms with Gasteiger partial charge in [-0.25, -0.2) is 4.98 Å². The van der Waals surface area contributed by atoms with Crippen LogP contribution in [0.1, 0.15) is 134 Å². The van der Waals surface area contributed by atoms with E-state index in [0.717, 1.165) is 29.2 Å². The molecule has 0 saturated heterocycles. The third-order valence-corrected chi connectivity index (χ3v) is 28.6. The van der Waals surface area contributed by atoms with Crippen LogP contribution >= 0.6 is 11.3 Å². The average Bonchev–Trinajstić information content (AvgIpc) is 3.53. The number of aliphatic hydroxyl groups excluding tert-OH is 1. The molecule has 0 aliphatic rings. The van der Waals surface area contributed by atoms with Crippen LogP contribution in [-0.4, -0.2) is 65.4 Å². The summed E-state index contributed by atoms with van der Waals surface area (Å²) < 4.78 is 21.5. The Bertz CT molecular complexity index is 1810. The Morgan fingerprint density at radius 1 is 0.823 bits per heavy atom. The van der Waals surface area contributed by atoms with Crippen LogP contribution in [0.4, 0.5) is 5.69 Å². The molecule has 0 fully saturated rings. The second-order valence-corrected chi connectivity index (χ2v) is 38.6. The number of hydrogen-bond acceptors (Lipinski definition) is 7. The molecule has 0 radical (unpaired) electrons. The summed E-state index contributed by atoms with van der Waals surface area (Å²) in [4.78, 5) is 18.4. The maximum atomic E-state index is 13.7. The standard InChI is InChI=1S/C51H90N2O5SSi3/c1-36(31-32-43(56-60(17,18)48(6,7)8)38(3)33-42-35-59-40(5)52-42)27-26-28-37(2)46(58-62(21,22)50(12,13)14)39(4)47(55)51(15,16)44(57-61(19,20)49(9,10)11)34-45(54)53-41-29-24-23-25-30-41/h23-26,28-31,33,35,37,39,43-44,46-47,55H,27,32,34H2,1-22H3,(H,53,54)/b28-26-,36-31-,38-33+/t37-,39+,43-,44-,46-,47-/m0/s1. The fourth-order valence-electron chi connectivity index (χ4n) is 6.75. The first-order valence-electron chi connectivity index (χ1n) is 23.0. The van der Waals surface area contributed by atoms with Gasteiger partial charge in [0.15, 0.2) is 25.0 Å². The smallest absolute Gasteiger partial charge is 0.226 e. The van der Waals surface area contributed by atoms with Crippen LogP contribution < -0.4 is 5.32 Å². The second kappa shape index (κ2) is 22.0. The lowest BCUT2D eigenvalue weighted by Crippen LogP contribution is -2.56. The highest BCUT2D eigenvalue weighted by atomic mass is 32.1. The van der Waals surface area contributed by atoms with Crippen LogP contribution in [0.2, 0.25) is 54.4 Å². The molecule has 1 aromatic heterocycles. The predicted octanol–water partition coefficient (Wildman–Crippen LogP) is 15.0. The third kappa shape index (κ3) is 16.2. The van der Waals surface area contributed by atoms with Crippen molar-refractivity contribution in [2.75, 3.05) is 5.32 Å². The zero-order valence-electron chi connectivity index (χ0n) is 43.3. The molecule has 7 nitrogen and oxygen atoms in total. The molecule has 0 saturated carbocycles. The number of nitrogens with one attached hydrogen (secondary N) is 1. The molecule has 11 heteroatoms. The number of allylic oxidation sites excluding steroid dienone is 2. The van der Waals surface area contributed by atoms with Crippen LogP contribution in [0.5, 0.6) is 0 Å². The van der Waals surface area contributed by atoms with E-state index in [9.17, 15) is 9.90 Å². The molecule has 0 aliphatic carbocycles. The summed E-state index contributed by atoms with van der Waals surface area (Å²) in [6.07, 6.45) is 9.17. The minimum absolute atomic E-state index is 0.0138. The van der Waals surface area contributed by atoms with Gasteiger partial charge in [0.25, 0.3) is 0 Å². The van der Waals surface area contributed by atoms with Crippen LogP contribution in [0, 0.1) is 24.2 Å². The van der Waals surface area contributed by atoms with E-state index in [4.69, 9.17) is 18.3 Å². The molecule has 1 aromatic carbocycles. The van der Waals surface area contributed by atoms with Crippen molar-refractivity contribution < 1.29 is 23.2 Å². The van der Waals surface area contributed by atoms with Gasteiger partial charge in [-0.1, -0.05) is 132 Å². The van der Waals surface area contributed by atoms with Crippen molar-refractivity contribution in [2.24, 2.45) is 17.3 Å². The van der Waals surface area contributed by atoms with E-state index in [1.165, 1.54) is 11.1 Å². The summed E-state index contributed by atoms with van der Waals surface area (Å²) in [7, 11) is -6.69. The fraction of sp³-hybridized carbons (Fsp3) is 0.686. The molecule has 0 unspecified atom stereocenters. The molecule has 1 amide bonds. The van der Waals surface area contributed by atoms with Gasteiger partial charge >= 0.3 is 0 Å². The van der Waals surface area contributed by atoms with Crippen LogP contribution in [-0.2, 0) is 18.1 Å². The maximum Gasteiger partial charge on any atom is 0.226 e. The van der Waals surface area contributed by atoms with Gasteiger partial charge in [-0.05, 0) is 118 Å². The number of hydrogen-bond donors (Lipinski definition) is 2. The number of aliphatic hydroxyl groups is 1. The Kier molecular flexibility index (Phi) is 19.9. The van der Waals surface area contributed by atoms with E-state index < -0.39 is 42.6 Å². The van der Waals surface area contributed by atoms with Crippen molar-refractivity contribution in [1.82, 2.24) is 4.98 Å². The number of amides is 1. The summed E-state index contributed by atoms with van der Waals surface area (Å²) >= 11 is 1.67. The van der Waals surface area contributed by atoms with Gasteiger partial charge in [0.1, 0.15) is 0 Å². The molecule has 2 rings (SSSR count). The minimum atomic E-state index is -2.36. The SMILES string of the molecule is C/C(=C/C[C@H](O[Si](C)(C)C(C)(C)C)/C(C)=C/c1csc(C)n1)C/C=C\[C@H](C)[C@H](O[Si](C)(C)C(C)(C)C)[C@@H](C)[C@H](O)C(C)(C)[C@H](CC(=O)Nc1ccccc1)O[Si](C)(C)C(C)(C)C. The first kappa shape index (κ1) is 56.2. The topological polar surface area (TPSA) is 89.9 Å². The van der Waals surface area contributed by atoms with Crippen LogP contribution in [0.3, 0.4) is 0 Å². The molecule has 6 atom stereocenters. The fourth-order valence-corrected chi connectivity index (χ4v) is 11.6. The predicted molar refractivity (Wildman–Crippen MR) is 277 cm³/mol. The lowest BCUT2D eigenvalue weighted by atomic mass is 9.72. The van der Waals surface area contributed by atoms with Crippen molar-refractivity contribution in [3.63, 3.8) is 0 Å². The molecule has 0 bridgehead atoms. The number of carbonyl (C=O) groups excluding carboxylic acids is 1. The number of anilines is 1. The normalized spacial score (nSPS) is 17.5. The zero-order chi connectivity index (χ0) is 47.9. The number of carbonyl (C=O) groups is 1. The average molecular weight is 928 g/mol. The number of thiazole rings is 1. The van der Waals surface area contributed by atoms with E-state index >= 15 is 0 Å². The van der Waals surface area contributed by atoms with Gasteiger partial charge in [-0.3, -0.25) is 4.79 Å². The van der Waals surface area contributed by atoms with Crippen molar-refractivity contribution >= 4 is 54.0 Å². The number of aryl methyl sites for hydroxylation is 1. The Morgan fingerprint density at radius 2 is 1.34 bits per heavy atom. The monoisotopic (exact) mass is 927 g/mol. The second-order valence-electron chi connectivity index (χ2n) is 23.3. The summed E-state index contributed by atoms with van der Waals surface area (Å²) in [5.74, 6) is -0.372. The number of aromatic nitrogens is 1. The number of nitrogens with zero attached hydrogens (tertiary/aromatic N) is 1. The summed E-state index contributed by atoms with van der Waals surface area (Å²) in [6.45, 7) is 48.9. The van der Waals surface area contributed by atoms with Crippen molar-refractivity contribution in [3.8, 4) is 0 Å². The largest absolute Gasteiger partial charge is 0.413 e. The van der Waals surface area contributed by atoms with E-state index in [2.05, 4.69) is 178 Å². The molecule has 2 N–H and O–H groups in total. The Morgan fingerprint density at radius 3 is 1.84 bits per heavy atom. The van der Waals surface area contributed by atoms with Crippen molar-refractivity contribution in [1.29, 1.82) is 0 Å².